The normalized spacial score (nSPS) is 17.6. The number of aryl methyl sites for hydroxylation is 1. The molecule has 1 atom stereocenters. The number of aromatic nitrogens is 3. The van der Waals surface area contributed by atoms with Gasteiger partial charge in [0.15, 0.2) is 5.22 Å². The van der Waals surface area contributed by atoms with E-state index in [-0.39, 0.29) is 11.9 Å². The van der Waals surface area contributed by atoms with Crippen LogP contribution in [0.3, 0.4) is 0 Å². The molecule has 2 aromatic heterocycles. The van der Waals surface area contributed by atoms with Crippen LogP contribution >= 0.6 is 11.6 Å². The van der Waals surface area contributed by atoms with E-state index in [4.69, 9.17) is 16.0 Å². The van der Waals surface area contributed by atoms with Crippen LogP contribution < -0.4 is 5.32 Å². The average molecular weight is 360 g/mol. The minimum absolute atomic E-state index is 0.0392. The Bertz CT molecular complexity index is 948. The third-order valence-electron chi connectivity index (χ3n) is 4.71. The van der Waals surface area contributed by atoms with E-state index >= 15 is 0 Å². The second kappa shape index (κ2) is 6.16. The summed E-state index contributed by atoms with van der Waals surface area (Å²) in [5.74, 6) is 1.62. The van der Waals surface area contributed by atoms with Crippen LogP contribution in [0.5, 0.6) is 0 Å². The topological polar surface area (TPSA) is 76.2 Å². The van der Waals surface area contributed by atoms with E-state index in [1.54, 1.807) is 7.05 Å². The number of fused-ring (bicyclic) bond motifs is 2. The van der Waals surface area contributed by atoms with Crippen molar-refractivity contribution in [2.24, 2.45) is 0 Å². The van der Waals surface area contributed by atoms with Crippen LogP contribution in [0.1, 0.15) is 17.2 Å². The minimum atomic E-state index is -0.322. The van der Waals surface area contributed by atoms with E-state index in [0.29, 0.717) is 24.9 Å². The summed E-state index contributed by atoms with van der Waals surface area (Å²) in [5.41, 5.74) is 1.63. The first-order chi connectivity index (χ1) is 12.1. The number of benzene rings is 1. The van der Waals surface area contributed by atoms with Crippen molar-refractivity contribution in [1.82, 2.24) is 25.0 Å². The third-order valence-corrected chi connectivity index (χ3v) is 5.02. The summed E-state index contributed by atoms with van der Waals surface area (Å²) in [6, 6.07) is 7.40. The summed E-state index contributed by atoms with van der Waals surface area (Å²) in [4.78, 5) is 14.5. The molecule has 1 unspecified atom stereocenters. The van der Waals surface area contributed by atoms with Gasteiger partial charge >= 0.3 is 0 Å². The first kappa shape index (κ1) is 16.1. The number of likely N-dealkylation sites (N-methyl/N-ethyl adjacent to an activating group) is 1. The van der Waals surface area contributed by atoms with Gasteiger partial charge in [-0.05, 0) is 24.6 Å². The first-order valence-corrected chi connectivity index (χ1v) is 8.46. The number of nitrogens with zero attached hydrogens (tertiary/aromatic N) is 4. The minimum Gasteiger partial charge on any atom is -0.444 e. The molecule has 3 heterocycles. The summed E-state index contributed by atoms with van der Waals surface area (Å²) < 4.78 is 7.63. The zero-order valence-electron chi connectivity index (χ0n) is 14.0. The highest BCUT2D eigenvalue weighted by atomic mass is 35.5. The molecule has 0 radical (unpaired) electrons. The van der Waals surface area contributed by atoms with Crippen molar-refractivity contribution in [3.63, 3.8) is 0 Å². The van der Waals surface area contributed by atoms with Crippen LogP contribution in [0.15, 0.2) is 28.7 Å². The predicted molar refractivity (Wildman–Crippen MR) is 93.1 cm³/mol. The van der Waals surface area contributed by atoms with Gasteiger partial charge in [0.05, 0.1) is 13.1 Å². The lowest BCUT2D eigenvalue weighted by atomic mass is 10.1. The van der Waals surface area contributed by atoms with Gasteiger partial charge in [-0.3, -0.25) is 9.69 Å². The van der Waals surface area contributed by atoms with Crippen LogP contribution in [-0.4, -0.2) is 38.7 Å². The number of hydrogen-bond acceptors (Lipinski definition) is 5. The molecule has 0 bridgehead atoms. The molecule has 0 fully saturated rings. The summed E-state index contributed by atoms with van der Waals surface area (Å²) in [6.45, 7) is 3.43. The van der Waals surface area contributed by atoms with Gasteiger partial charge in [0.2, 0.25) is 5.91 Å². The van der Waals surface area contributed by atoms with Crippen LogP contribution in [0.4, 0.5) is 0 Å². The van der Waals surface area contributed by atoms with E-state index in [9.17, 15) is 4.79 Å². The van der Waals surface area contributed by atoms with Gasteiger partial charge in [-0.25, -0.2) is 0 Å². The molecule has 0 saturated heterocycles. The Kier molecular flexibility index (Phi) is 3.97. The van der Waals surface area contributed by atoms with Crippen molar-refractivity contribution in [2.75, 3.05) is 7.05 Å². The second-order valence-corrected chi connectivity index (χ2v) is 6.50. The Balaban J connectivity index is 1.72. The molecule has 3 aromatic rings. The molecule has 1 aliphatic rings. The largest absolute Gasteiger partial charge is 0.444 e. The molecule has 1 amide bonds. The monoisotopic (exact) mass is 359 g/mol. The predicted octanol–water partition coefficient (Wildman–Crippen LogP) is 2.12. The highest BCUT2D eigenvalue weighted by Gasteiger charge is 2.34. The Labute approximate surface area is 149 Å². The number of carbonyl (C=O) groups is 1. The molecule has 1 aliphatic heterocycles. The number of hydrogen-bond donors (Lipinski definition) is 1. The molecule has 0 aliphatic carbocycles. The van der Waals surface area contributed by atoms with Gasteiger partial charge in [0.25, 0.3) is 0 Å². The third kappa shape index (κ3) is 2.69. The average Bonchev–Trinajstić information content (AvgIpc) is 3.14. The smallest absolute Gasteiger partial charge is 0.238 e. The van der Waals surface area contributed by atoms with E-state index in [2.05, 4.69) is 20.4 Å². The number of rotatable bonds is 3. The number of halogens is 1. The second-order valence-electron chi connectivity index (χ2n) is 6.16. The number of para-hydroxylation sites is 1. The molecule has 1 N–H and O–H groups in total. The Morgan fingerprint density at radius 1 is 1.40 bits per heavy atom. The SMILES string of the molecule is CNC(=O)C1Cn2c(C)nnc2CN1Cc1c(Cl)oc2ccccc12. The molecule has 0 spiro atoms. The Morgan fingerprint density at radius 2 is 2.20 bits per heavy atom. The lowest BCUT2D eigenvalue weighted by molar-refractivity contribution is -0.127. The molecule has 1 aromatic carbocycles. The fourth-order valence-electron chi connectivity index (χ4n) is 3.36. The molecular weight excluding hydrogens is 342 g/mol. The van der Waals surface area contributed by atoms with Crippen molar-refractivity contribution in [1.29, 1.82) is 0 Å². The fraction of sp³-hybridized carbons (Fsp3) is 0.353. The quantitative estimate of drug-likeness (QED) is 0.775. The van der Waals surface area contributed by atoms with E-state index in [1.807, 2.05) is 35.8 Å². The van der Waals surface area contributed by atoms with Gasteiger partial charge in [0.1, 0.15) is 23.3 Å². The molecule has 7 nitrogen and oxygen atoms in total. The summed E-state index contributed by atoms with van der Waals surface area (Å²) in [6.07, 6.45) is 0. The zero-order valence-corrected chi connectivity index (χ0v) is 14.7. The van der Waals surface area contributed by atoms with E-state index in [0.717, 1.165) is 28.2 Å². The summed E-state index contributed by atoms with van der Waals surface area (Å²) in [7, 11) is 1.65. The lowest BCUT2D eigenvalue weighted by Crippen LogP contribution is -2.51. The van der Waals surface area contributed by atoms with Crippen molar-refractivity contribution >= 4 is 28.5 Å². The highest BCUT2D eigenvalue weighted by molar-refractivity contribution is 6.30. The van der Waals surface area contributed by atoms with Gasteiger partial charge in [-0.1, -0.05) is 18.2 Å². The van der Waals surface area contributed by atoms with Crippen molar-refractivity contribution in [3.05, 3.63) is 46.7 Å². The maximum atomic E-state index is 12.4. The molecule has 130 valence electrons. The van der Waals surface area contributed by atoms with Crippen LogP contribution in [-0.2, 0) is 24.4 Å². The molecule has 4 rings (SSSR count). The maximum Gasteiger partial charge on any atom is 0.238 e. The van der Waals surface area contributed by atoms with Crippen molar-refractivity contribution in [2.45, 2.75) is 32.6 Å². The molecular formula is C17H18ClN5O2. The van der Waals surface area contributed by atoms with Gasteiger partial charge in [-0.15, -0.1) is 10.2 Å². The summed E-state index contributed by atoms with van der Waals surface area (Å²) in [5, 5.41) is 12.4. The van der Waals surface area contributed by atoms with Gasteiger partial charge in [0, 0.05) is 24.5 Å². The van der Waals surface area contributed by atoms with E-state index in [1.165, 1.54) is 0 Å². The van der Waals surface area contributed by atoms with Gasteiger partial charge in [-0.2, -0.15) is 0 Å². The van der Waals surface area contributed by atoms with Crippen LogP contribution in [0, 0.1) is 6.92 Å². The number of amides is 1. The summed E-state index contributed by atoms with van der Waals surface area (Å²) >= 11 is 6.33. The number of carbonyl (C=O) groups excluding carboxylic acids is 1. The van der Waals surface area contributed by atoms with Crippen LogP contribution in [0.25, 0.3) is 11.0 Å². The lowest BCUT2D eigenvalue weighted by Gasteiger charge is -2.34. The standard InChI is InChI=1S/C17H18ClN5O2/c1-10-20-21-15-9-22(13(8-23(10)15)17(24)19-2)7-12-11-5-3-4-6-14(11)25-16(12)18/h3-6,13H,7-9H2,1-2H3,(H,19,24). The fourth-order valence-corrected chi connectivity index (χ4v) is 3.61. The van der Waals surface area contributed by atoms with Gasteiger partial charge < -0.3 is 14.3 Å². The maximum absolute atomic E-state index is 12.4. The number of nitrogens with one attached hydrogen (secondary N) is 1. The highest BCUT2D eigenvalue weighted by Crippen LogP contribution is 2.32. The molecule has 8 heteroatoms. The Morgan fingerprint density at radius 3 is 3.00 bits per heavy atom. The Hall–Kier alpha value is -2.38. The molecule has 25 heavy (non-hydrogen) atoms. The van der Waals surface area contributed by atoms with Crippen LogP contribution in [0.2, 0.25) is 5.22 Å². The number of furan rings is 1. The van der Waals surface area contributed by atoms with Crippen molar-refractivity contribution in [3.8, 4) is 0 Å². The zero-order chi connectivity index (χ0) is 17.6. The van der Waals surface area contributed by atoms with Crippen molar-refractivity contribution < 1.29 is 9.21 Å². The van der Waals surface area contributed by atoms with E-state index < -0.39 is 0 Å². The first-order valence-electron chi connectivity index (χ1n) is 8.08. The molecule has 0 saturated carbocycles.